The van der Waals surface area contributed by atoms with E-state index in [1.165, 1.54) is 12.1 Å². The molecule has 0 amide bonds. The van der Waals surface area contributed by atoms with Crippen molar-refractivity contribution in [3.05, 3.63) is 36.0 Å². The third kappa shape index (κ3) is 4.22. The van der Waals surface area contributed by atoms with Gasteiger partial charge in [0.15, 0.2) is 0 Å². The highest BCUT2D eigenvalue weighted by molar-refractivity contribution is 5.31. The molecular formula is C19H28N6O. The number of fused-ring (bicyclic) bond motifs is 1. The van der Waals surface area contributed by atoms with E-state index in [0.717, 1.165) is 56.6 Å². The van der Waals surface area contributed by atoms with E-state index in [1.807, 2.05) is 0 Å². The van der Waals surface area contributed by atoms with Crippen molar-refractivity contribution in [1.82, 2.24) is 24.6 Å². The Balaban J connectivity index is 1.33. The number of anilines is 1. The van der Waals surface area contributed by atoms with Gasteiger partial charge in [-0.25, -0.2) is 4.98 Å². The molecule has 4 rings (SSSR count). The van der Waals surface area contributed by atoms with Crippen LogP contribution in [0.15, 0.2) is 24.7 Å². The maximum Gasteiger partial charge on any atom is 0.144 e. The largest absolute Gasteiger partial charge is 0.376 e. The zero-order valence-corrected chi connectivity index (χ0v) is 15.7. The Labute approximate surface area is 154 Å². The maximum absolute atomic E-state index is 5.86. The van der Waals surface area contributed by atoms with Crippen LogP contribution in [0.2, 0.25) is 0 Å². The zero-order chi connectivity index (χ0) is 18.0. The van der Waals surface area contributed by atoms with Gasteiger partial charge in [-0.05, 0) is 38.7 Å². The molecular weight excluding hydrogens is 328 g/mol. The Morgan fingerprint density at radius 1 is 1.31 bits per heavy atom. The van der Waals surface area contributed by atoms with Crippen molar-refractivity contribution < 1.29 is 4.74 Å². The van der Waals surface area contributed by atoms with Crippen molar-refractivity contribution in [2.24, 2.45) is 5.92 Å². The van der Waals surface area contributed by atoms with Crippen molar-refractivity contribution in [3.63, 3.8) is 0 Å². The molecule has 7 heteroatoms. The van der Waals surface area contributed by atoms with Crippen LogP contribution >= 0.6 is 0 Å². The first-order valence-electron chi connectivity index (χ1n) is 9.49. The highest BCUT2D eigenvalue weighted by Gasteiger charge is 2.30. The lowest BCUT2D eigenvalue weighted by Gasteiger charge is -2.38. The minimum atomic E-state index is 0.0274. The zero-order valence-electron chi connectivity index (χ0n) is 15.7. The molecule has 1 N–H and O–H groups in total. The third-order valence-electron chi connectivity index (χ3n) is 5.26. The van der Waals surface area contributed by atoms with Gasteiger partial charge in [-0.15, -0.1) is 0 Å². The van der Waals surface area contributed by atoms with Crippen LogP contribution in [0.25, 0.3) is 0 Å². The summed E-state index contributed by atoms with van der Waals surface area (Å²) < 4.78 is 8.01. The van der Waals surface area contributed by atoms with Gasteiger partial charge >= 0.3 is 0 Å². The van der Waals surface area contributed by atoms with Gasteiger partial charge in [0.2, 0.25) is 0 Å². The number of rotatable bonds is 5. The molecule has 2 aromatic rings. The van der Waals surface area contributed by atoms with Gasteiger partial charge in [0.05, 0.1) is 36.3 Å². The van der Waals surface area contributed by atoms with Crippen LogP contribution in [0.3, 0.4) is 0 Å². The van der Waals surface area contributed by atoms with Crippen molar-refractivity contribution >= 4 is 5.82 Å². The summed E-state index contributed by atoms with van der Waals surface area (Å²) >= 11 is 0. The molecule has 1 atom stereocenters. The molecule has 0 bridgehead atoms. The predicted octanol–water partition coefficient (Wildman–Crippen LogP) is 2.31. The molecule has 1 unspecified atom stereocenters. The molecule has 0 radical (unpaired) electrons. The number of nitrogens with zero attached hydrogens (tertiary/aromatic N) is 5. The van der Waals surface area contributed by atoms with E-state index in [-0.39, 0.29) is 5.60 Å². The SMILES string of the molecule is CC1(C)CC(CN2CCn3nc(CNc4cnccn4)cc3C2)CCO1. The first-order chi connectivity index (χ1) is 12.6. The quantitative estimate of drug-likeness (QED) is 0.887. The van der Waals surface area contributed by atoms with Gasteiger partial charge in [0, 0.05) is 38.6 Å². The third-order valence-corrected chi connectivity index (χ3v) is 5.26. The van der Waals surface area contributed by atoms with Crippen molar-refractivity contribution in [3.8, 4) is 0 Å². The first-order valence-corrected chi connectivity index (χ1v) is 9.49. The number of aromatic nitrogens is 4. The lowest BCUT2D eigenvalue weighted by atomic mass is 9.88. The topological polar surface area (TPSA) is 68.1 Å². The Morgan fingerprint density at radius 2 is 2.23 bits per heavy atom. The predicted molar refractivity (Wildman–Crippen MR) is 99.6 cm³/mol. The molecule has 7 nitrogen and oxygen atoms in total. The van der Waals surface area contributed by atoms with E-state index < -0.39 is 0 Å². The Bertz CT molecular complexity index is 729. The highest BCUT2D eigenvalue weighted by Crippen LogP contribution is 2.29. The minimum absolute atomic E-state index is 0.0274. The average Bonchev–Trinajstić information content (AvgIpc) is 3.02. The number of hydrogen-bond acceptors (Lipinski definition) is 6. The molecule has 0 spiro atoms. The van der Waals surface area contributed by atoms with Gasteiger partial charge < -0.3 is 10.1 Å². The van der Waals surface area contributed by atoms with Crippen LogP contribution in [-0.4, -0.2) is 49.9 Å². The maximum atomic E-state index is 5.86. The van der Waals surface area contributed by atoms with Crippen molar-refractivity contribution in [2.45, 2.75) is 51.9 Å². The van der Waals surface area contributed by atoms with Crippen LogP contribution in [0.1, 0.15) is 38.1 Å². The summed E-state index contributed by atoms with van der Waals surface area (Å²) in [4.78, 5) is 10.9. The van der Waals surface area contributed by atoms with E-state index in [9.17, 15) is 0 Å². The lowest BCUT2D eigenvalue weighted by molar-refractivity contribution is -0.0777. The van der Waals surface area contributed by atoms with Gasteiger partial charge in [-0.1, -0.05) is 0 Å². The van der Waals surface area contributed by atoms with E-state index in [0.29, 0.717) is 6.54 Å². The summed E-state index contributed by atoms with van der Waals surface area (Å²) in [5.41, 5.74) is 2.39. The molecule has 2 aromatic heterocycles. The first kappa shape index (κ1) is 17.4. The van der Waals surface area contributed by atoms with E-state index in [4.69, 9.17) is 9.84 Å². The van der Waals surface area contributed by atoms with Crippen molar-refractivity contribution in [2.75, 3.05) is 25.0 Å². The highest BCUT2D eigenvalue weighted by atomic mass is 16.5. The molecule has 2 aliphatic rings. The smallest absolute Gasteiger partial charge is 0.144 e. The summed E-state index contributed by atoms with van der Waals surface area (Å²) in [6.07, 6.45) is 7.42. The molecule has 2 aliphatic heterocycles. The van der Waals surface area contributed by atoms with Crippen LogP contribution < -0.4 is 5.32 Å². The molecule has 140 valence electrons. The number of hydrogen-bond donors (Lipinski definition) is 1. The van der Waals surface area contributed by atoms with E-state index in [1.54, 1.807) is 18.6 Å². The average molecular weight is 356 g/mol. The summed E-state index contributed by atoms with van der Waals surface area (Å²) in [6.45, 7) is 10.2. The van der Waals surface area contributed by atoms with Crippen LogP contribution in [0, 0.1) is 5.92 Å². The second-order valence-electron chi connectivity index (χ2n) is 8.00. The molecule has 4 heterocycles. The molecule has 0 aromatic carbocycles. The standard InChI is InChI=1S/C19H28N6O/c1-19(2)10-15(3-8-26-19)13-24-6-7-25-17(14-24)9-16(23-25)11-22-18-12-20-4-5-21-18/h4-5,9,12,15H,3,6-8,10-11,13-14H2,1-2H3,(H,21,22). The van der Waals surface area contributed by atoms with Gasteiger partial charge in [0.25, 0.3) is 0 Å². The van der Waals surface area contributed by atoms with Crippen LogP contribution in [-0.2, 0) is 24.4 Å². The molecule has 1 fully saturated rings. The summed E-state index contributed by atoms with van der Waals surface area (Å²) in [6, 6.07) is 2.21. The fourth-order valence-electron chi connectivity index (χ4n) is 4.07. The van der Waals surface area contributed by atoms with Crippen LogP contribution in [0.4, 0.5) is 5.82 Å². The fraction of sp³-hybridized carbons (Fsp3) is 0.632. The van der Waals surface area contributed by atoms with E-state index in [2.05, 4.69) is 44.8 Å². The van der Waals surface area contributed by atoms with Crippen molar-refractivity contribution in [1.29, 1.82) is 0 Å². The van der Waals surface area contributed by atoms with Crippen LogP contribution in [0.5, 0.6) is 0 Å². The molecule has 0 saturated carbocycles. The molecule has 26 heavy (non-hydrogen) atoms. The molecule has 0 aliphatic carbocycles. The normalized spacial score (nSPS) is 22.8. The van der Waals surface area contributed by atoms with Gasteiger partial charge in [-0.2, -0.15) is 5.10 Å². The number of nitrogens with one attached hydrogen (secondary N) is 1. The molecule has 1 saturated heterocycles. The second-order valence-corrected chi connectivity index (χ2v) is 8.00. The summed E-state index contributed by atoms with van der Waals surface area (Å²) in [7, 11) is 0. The van der Waals surface area contributed by atoms with Gasteiger partial charge in [0.1, 0.15) is 5.82 Å². The fourth-order valence-corrected chi connectivity index (χ4v) is 4.07. The summed E-state index contributed by atoms with van der Waals surface area (Å²) in [5, 5.41) is 8.01. The second kappa shape index (κ2) is 7.32. The monoisotopic (exact) mass is 356 g/mol. The summed E-state index contributed by atoms with van der Waals surface area (Å²) in [5.74, 6) is 1.51. The van der Waals surface area contributed by atoms with E-state index >= 15 is 0 Å². The van der Waals surface area contributed by atoms with Gasteiger partial charge in [-0.3, -0.25) is 14.6 Å². The Kier molecular flexibility index (Phi) is 4.91. The number of ether oxygens (including phenoxy) is 1. The lowest BCUT2D eigenvalue weighted by Crippen LogP contribution is -2.42. The Hall–Kier alpha value is -1.99. The minimum Gasteiger partial charge on any atom is -0.376 e. The Morgan fingerprint density at radius 3 is 3.04 bits per heavy atom.